The van der Waals surface area contributed by atoms with Gasteiger partial charge in [0.2, 0.25) is 10.0 Å². The fraction of sp³-hybridized carbons (Fsp3) is 0.667. The smallest absolute Gasteiger partial charge is 0.250 e. The van der Waals surface area contributed by atoms with Crippen LogP contribution in [-0.2, 0) is 16.6 Å². The number of nitrogens with one attached hydrogen (secondary N) is 2. The Hall–Kier alpha value is -0.0800. The van der Waals surface area contributed by atoms with Crippen LogP contribution in [0.3, 0.4) is 0 Å². The van der Waals surface area contributed by atoms with Gasteiger partial charge in [0.1, 0.15) is 4.21 Å². The van der Waals surface area contributed by atoms with Crippen molar-refractivity contribution in [3.05, 3.63) is 16.5 Å². The standard InChI is InChI=1S/C12H20N2O2S3/c1-9-7-12(19(15,16)14-5-6-17-2)18-11(9)8-13-10-3-4-10/h7,10,13-14H,3-6,8H2,1-2H3. The SMILES string of the molecule is CSCCNS(=O)(=O)c1cc(C)c(CNC2CC2)s1. The number of thiophene rings is 1. The summed E-state index contributed by atoms with van der Waals surface area (Å²) in [6.45, 7) is 3.24. The molecule has 0 amide bonds. The second kappa shape index (κ2) is 6.58. The molecule has 1 aromatic rings. The van der Waals surface area contributed by atoms with E-state index in [9.17, 15) is 8.42 Å². The second-order valence-corrected chi connectivity index (χ2v) is 8.83. The van der Waals surface area contributed by atoms with Crippen molar-refractivity contribution in [1.82, 2.24) is 10.0 Å². The monoisotopic (exact) mass is 320 g/mol. The number of hydrogen-bond acceptors (Lipinski definition) is 5. The average molecular weight is 321 g/mol. The number of thioether (sulfide) groups is 1. The van der Waals surface area contributed by atoms with Crippen LogP contribution in [0.25, 0.3) is 0 Å². The van der Waals surface area contributed by atoms with Gasteiger partial charge in [0.15, 0.2) is 0 Å². The zero-order valence-corrected chi connectivity index (χ0v) is 13.7. The zero-order valence-electron chi connectivity index (χ0n) is 11.2. The van der Waals surface area contributed by atoms with Gasteiger partial charge in [0, 0.05) is 29.8 Å². The molecule has 1 saturated carbocycles. The Bertz CT molecular complexity index is 521. The molecule has 0 aromatic carbocycles. The minimum absolute atomic E-state index is 0.429. The maximum Gasteiger partial charge on any atom is 0.250 e. The Kier molecular flexibility index (Phi) is 5.30. The summed E-state index contributed by atoms with van der Waals surface area (Å²) in [5, 5.41) is 3.42. The highest BCUT2D eigenvalue weighted by atomic mass is 32.2. The van der Waals surface area contributed by atoms with Crippen molar-refractivity contribution in [2.75, 3.05) is 18.6 Å². The van der Waals surface area contributed by atoms with E-state index in [4.69, 9.17) is 0 Å². The molecule has 1 aromatic heterocycles. The Morgan fingerprint density at radius 3 is 2.84 bits per heavy atom. The van der Waals surface area contributed by atoms with Crippen LogP contribution in [0.2, 0.25) is 0 Å². The first kappa shape index (κ1) is 15.3. The van der Waals surface area contributed by atoms with Crippen molar-refractivity contribution < 1.29 is 8.42 Å². The molecule has 0 unspecified atom stereocenters. The van der Waals surface area contributed by atoms with Gasteiger partial charge in [-0.05, 0) is 37.7 Å². The van der Waals surface area contributed by atoms with E-state index >= 15 is 0 Å². The molecule has 19 heavy (non-hydrogen) atoms. The number of rotatable bonds is 8. The number of hydrogen-bond donors (Lipinski definition) is 2. The van der Waals surface area contributed by atoms with Crippen LogP contribution in [0.1, 0.15) is 23.3 Å². The van der Waals surface area contributed by atoms with E-state index in [-0.39, 0.29) is 0 Å². The molecule has 1 fully saturated rings. The molecule has 108 valence electrons. The Morgan fingerprint density at radius 1 is 1.47 bits per heavy atom. The van der Waals surface area contributed by atoms with Crippen molar-refractivity contribution in [1.29, 1.82) is 0 Å². The molecule has 2 N–H and O–H groups in total. The molecular weight excluding hydrogens is 300 g/mol. The molecule has 0 spiro atoms. The van der Waals surface area contributed by atoms with E-state index in [2.05, 4.69) is 10.0 Å². The Balaban J connectivity index is 2.00. The summed E-state index contributed by atoms with van der Waals surface area (Å²) in [6.07, 6.45) is 4.45. The summed E-state index contributed by atoms with van der Waals surface area (Å²) in [4.78, 5) is 1.12. The molecule has 0 radical (unpaired) electrons. The summed E-state index contributed by atoms with van der Waals surface area (Å²) in [6, 6.07) is 2.41. The van der Waals surface area contributed by atoms with Gasteiger partial charge in [0.25, 0.3) is 0 Å². The van der Waals surface area contributed by atoms with Gasteiger partial charge in [-0.3, -0.25) is 0 Å². The van der Waals surface area contributed by atoms with Crippen molar-refractivity contribution in [3.8, 4) is 0 Å². The maximum atomic E-state index is 12.1. The Labute approximate surface area is 123 Å². The third-order valence-electron chi connectivity index (χ3n) is 2.99. The first-order valence-corrected chi connectivity index (χ1v) is 10.0. The normalized spacial score (nSPS) is 15.9. The van der Waals surface area contributed by atoms with Crippen LogP contribution in [0.15, 0.2) is 10.3 Å². The molecule has 0 aliphatic heterocycles. The van der Waals surface area contributed by atoms with Crippen LogP contribution < -0.4 is 10.0 Å². The highest BCUT2D eigenvalue weighted by Gasteiger charge is 2.22. The summed E-state index contributed by atoms with van der Waals surface area (Å²) < 4.78 is 27.3. The molecule has 1 heterocycles. The average Bonchev–Trinajstić information content (AvgIpc) is 3.10. The van der Waals surface area contributed by atoms with Crippen LogP contribution in [-0.4, -0.2) is 33.0 Å². The van der Waals surface area contributed by atoms with Crippen molar-refractivity contribution in [2.45, 2.75) is 36.6 Å². The predicted molar refractivity (Wildman–Crippen MR) is 82.5 cm³/mol. The zero-order chi connectivity index (χ0) is 13.9. The van der Waals surface area contributed by atoms with Gasteiger partial charge in [-0.25, -0.2) is 13.1 Å². The molecule has 1 aliphatic carbocycles. The van der Waals surface area contributed by atoms with Gasteiger partial charge < -0.3 is 5.32 Å². The molecular formula is C12H20N2O2S3. The van der Waals surface area contributed by atoms with Crippen LogP contribution in [0.5, 0.6) is 0 Å². The summed E-state index contributed by atoms with van der Waals surface area (Å²) in [5.74, 6) is 0.791. The van der Waals surface area contributed by atoms with Crippen LogP contribution in [0.4, 0.5) is 0 Å². The van der Waals surface area contributed by atoms with Gasteiger partial charge in [-0.15, -0.1) is 11.3 Å². The highest BCUT2D eigenvalue weighted by molar-refractivity contribution is 7.98. The molecule has 1 aliphatic rings. The van der Waals surface area contributed by atoms with Gasteiger partial charge in [-0.1, -0.05) is 0 Å². The number of aryl methyl sites for hydroxylation is 1. The van der Waals surface area contributed by atoms with E-state index in [0.717, 1.165) is 22.7 Å². The molecule has 2 rings (SSSR count). The van der Waals surface area contributed by atoms with Crippen LogP contribution in [0, 0.1) is 6.92 Å². The molecule has 0 saturated heterocycles. The van der Waals surface area contributed by atoms with Gasteiger partial charge in [0.05, 0.1) is 0 Å². The topological polar surface area (TPSA) is 58.2 Å². The first-order valence-electron chi connectivity index (χ1n) is 6.34. The van der Waals surface area contributed by atoms with Crippen LogP contribution >= 0.6 is 23.1 Å². The first-order chi connectivity index (χ1) is 9.03. The van der Waals surface area contributed by atoms with E-state index in [0.29, 0.717) is 16.8 Å². The van der Waals surface area contributed by atoms with E-state index in [1.807, 2.05) is 13.2 Å². The minimum Gasteiger partial charge on any atom is -0.309 e. The van der Waals surface area contributed by atoms with Crippen molar-refractivity contribution in [2.24, 2.45) is 0 Å². The fourth-order valence-corrected chi connectivity index (χ4v) is 4.72. The van der Waals surface area contributed by atoms with Gasteiger partial charge in [-0.2, -0.15) is 11.8 Å². The van der Waals surface area contributed by atoms with E-state index in [1.165, 1.54) is 24.2 Å². The third kappa shape index (κ3) is 4.46. The lowest BCUT2D eigenvalue weighted by molar-refractivity contribution is 0.586. The van der Waals surface area contributed by atoms with Crippen molar-refractivity contribution in [3.63, 3.8) is 0 Å². The van der Waals surface area contributed by atoms with E-state index < -0.39 is 10.0 Å². The van der Waals surface area contributed by atoms with Crippen molar-refractivity contribution >= 4 is 33.1 Å². The lowest BCUT2D eigenvalue weighted by Gasteiger charge is -2.03. The largest absolute Gasteiger partial charge is 0.309 e. The maximum absolute atomic E-state index is 12.1. The lowest BCUT2D eigenvalue weighted by atomic mass is 10.3. The summed E-state index contributed by atoms with van der Waals surface area (Å²) in [5.41, 5.74) is 1.06. The quantitative estimate of drug-likeness (QED) is 0.719. The highest BCUT2D eigenvalue weighted by Crippen LogP contribution is 2.27. The molecule has 0 bridgehead atoms. The fourth-order valence-electron chi connectivity index (χ4n) is 1.67. The summed E-state index contributed by atoms with van der Waals surface area (Å²) in [7, 11) is -3.33. The van der Waals surface area contributed by atoms with Gasteiger partial charge >= 0.3 is 0 Å². The third-order valence-corrected chi connectivity index (χ3v) is 6.77. The molecule has 7 heteroatoms. The molecule has 0 atom stereocenters. The second-order valence-electron chi connectivity index (χ2n) is 4.72. The lowest BCUT2D eigenvalue weighted by Crippen LogP contribution is -2.25. The number of sulfonamides is 1. The minimum atomic E-state index is -3.33. The predicted octanol–water partition coefficient (Wildman–Crippen LogP) is 1.95. The molecule has 4 nitrogen and oxygen atoms in total. The summed E-state index contributed by atoms with van der Waals surface area (Å²) >= 11 is 3.01. The van der Waals surface area contributed by atoms with E-state index in [1.54, 1.807) is 17.8 Å². The Morgan fingerprint density at radius 2 is 2.21 bits per heavy atom.